The van der Waals surface area contributed by atoms with Gasteiger partial charge in [-0.1, -0.05) is 12.7 Å². The summed E-state index contributed by atoms with van der Waals surface area (Å²) in [5.41, 5.74) is 1.69. The third-order valence-corrected chi connectivity index (χ3v) is 1.84. The van der Waals surface area contributed by atoms with E-state index in [1.165, 1.54) is 0 Å². The number of nitrogens with one attached hydrogen (secondary N) is 2. The highest BCUT2D eigenvalue weighted by molar-refractivity contribution is 5.82. The minimum absolute atomic E-state index is 0.293. The van der Waals surface area contributed by atoms with Gasteiger partial charge in [-0.2, -0.15) is 0 Å². The van der Waals surface area contributed by atoms with Crippen LogP contribution in [0.4, 0.5) is 4.79 Å². The fourth-order valence-electron chi connectivity index (χ4n) is 0.953. The van der Waals surface area contributed by atoms with Crippen LogP contribution in [0, 0.1) is 0 Å². The average Bonchev–Trinajstić information content (AvgIpc) is 2.23. The Morgan fingerprint density at radius 1 is 1.44 bits per heavy atom. The molecule has 16 heavy (non-hydrogen) atoms. The molecule has 0 aromatic heterocycles. The summed E-state index contributed by atoms with van der Waals surface area (Å²) in [5, 5.41) is 5.22. The maximum absolute atomic E-state index is 11.2. The SMILES string of the molecule is C=C(C)/C(C=O)=C\C(=CC)NC(=O)NCC. The summed E-state index contributed by atoms with van der Waals surface area (Å²) < 4.78 is 0. The zero-order valence-electron chi connectivity index (χ0n) is 9.96. The Morgan fingerprint density at radius 2 is 2.06 bits per heavy atom. The first-order valence-corrected chi connectivity index (χ1v) is 5.09. The lowest BCUT2D eigenvalue weighted by Gasteiger charge is -2.07. The van der Waals surface area contributed by atoms with Crippen molar-refractivity contribution in [3.63, 3.8) is 0 Å². The van der Waals surface area contributed by atoms with E-state index in [0.717, 1.165) is 0 Å². The van der Waals surface area contributed by atoms with Gasteiger partial charge in [-0.25, -0.2) is 4.79 Å². The van der Waals surface area contributed by atoms with Gasteiger partial charge in [0.1, 0.15) is 6.29 Å². The molecule has 0 heterocycles. The highest BCUT2D eigenvalue weighted by atomic mass is 16.2. The van der Waals surface area contributed by atoms with Crippen molar-refractivity contribution in [1.29, 1.82) is 0 Å². The van der Waals surface area contributed by atoms with E-state index in [1.807, 2.05) is 6.92 Å². The van der Waals surface area contributed by atoms with Gasteiger partial charge in [0.15, 0.2) is 0 Å². The molecule has 0 saturated carbocycles. The topological polar surface area (TPSA) is 58.2 Å². The third kappa shape index (κ3) is 5.14. The number of amides is 2. The first kappa shape index (κ1) is 14.2. The van der Waals surface area contributed by atoms with Crippen molar-refractivity contribution in [2.24, 2.45) is 0 Å². The summed E-state index contributed by atoms with van der Waals surface area (Å²) >= 11 is 0. The maximum Gasteiger partial charge on any atom is 0.319 e. The van der Waals surface area contributed by atoms with Crippen LogP contribution in [0.25, 0.3) is 0 Å². The maximum atomic E-state index is 11.2. The molecule has 0 rings (SSSR count). The molecule has 0 aliphatic heterocycles. The number of hydrogen-bond donors (Lipinski definition) is 2. The quantitative estimate of drug-likeness (QED) is 0.424. The van der Waals surface area contributed by atoms with Crippen molar-refractivity contribution in [2.45, 2.75) is 20.8 Å². The molecule has 88 valence electrons. The molecule has 0 aliphatic rings. The minimum atomic E-state index is -0.293. The van der Waals surface area contributed by atoms with Gasteiger partial charge in [-0.15, -0.1) is 0 Å². The Bertz CT molecular complexity index is 341. The Hall–Kier alpha value is -1.84. The van der Waals surface area contributed by atoms with E-state index in [0.29, 0.717) is 29.7 Å². The van der Waals surface area contributed by atoms with Gasteiger partial charge in [0.25, 0.3) is 0 Å². The molecule has 0 bridgehead atoms. The summed E-state index contributed by atoms with van der Waals surface area (Å²) in [6.07, 6.45) is 4.01. The molecule has 0 atom stereocenters. The standard InChI is InChI=1S/C12H18N2O2/c1-5-11(14-12(16)13-6-2)7-10(8-15)9(3)4/h5,7-8H,3,6H2,1-2,4H3,(H2,13,14,16)/b10-7-,11-5?. The molecule has 2 amide bonds. The number of carbonyl (C=O) groups is 2. The van der Waals surface area contributed by atoms with Crippen molar-refractivity contribution in [2.75, 3.05) is 6.54 Å². The number of rotatable bonds is 5. The number of hydrogen-bond acceptors (Lipinski definition) is 2. The largest absolute Gasteiger partial charge is 0.338 e. The second-order valence-electron chi connectivity index (χ2n) is 3.23. The highest BCUT2D eigenvalue weighted by Gasteiger charge is 2.02. The molecule has 4 heteroatoms. The zero-order valence-corrected chi connectivity index (χ0v) is 9.96. The molecule has 0 radical (unpaired) electrons. The van der Waals surface area contributed by atoms with Crippen LogP contribution in [0.5, 0.6) is 0 Å². The van der Waals surface area contributed by atoms with Crippen LogP contribution in [-0.2, 0) is 4.79 Å². The molecule has 0 saturated heterocycles. The van der Waals surface area contributed by atoms with E-state index in [9.17, 15) is 9.59 Å². The second kappa shape index (κ2) is 7.45. The first-order chi connectivity index (χ1) is 7.54. The van der Waals surface area contributed by atoms with Gasteiger partial charge in [-0.3, -0.25) is 4.79 Å². The molecular formula is C12H18N2O2. The van der Waals surface area contributed by atoms with Crippen molar-refractivity contribution < 1.29 is 9.59 Å². The van der Waals surface area contributed by atoms with Crippen molar-refractivity contribution in [3.8, 4) is 0 Å². The van der Waals surface area contributed by atoms with Crippen LogP contribution in [-0.4, -0.2) is 18.9 Å². The van der Waals surface area contributed by atoms with Gasteiger partial charge < -0.3 is 10.6 Å². The Labute approximate surface area is 96.1 Å². The van der Waals surface area contributed by atoms with Crippen molar-refractivity contribution in [3.05, 3.63) is 35.6 Å². The molecule has 0 aliphatic carbocycles. The fourth-order valence-corrected chi connectivity index (χ4v) is 0.953. The highest BCUT2D eigenvalue weighted by Crippen LogP contribution is 2.06. The Morgan fingerprint density at radius 3 is 2.44 bits per heavy atom. The van der Waals surface area contributed by atoms with Crippen molar-refractivity contribution >= 4 is 12.3 Å². The lowest BCUT2D eigenvalue weighted by Crippen LogP contribution is -2.34. The van der Waals surface area contributed by atoms with Crippen LogP contribution >= 0.6 is 0 Å². The monoisotopic (exact) mass is 222 g/mol. The fraction of sp³-hybridized carbons (Fsp3) is 0.333. The van der Waals surface area contributed by atoms with Gasteiger partial charge in [0.2, 0.25) is 0 Å². The number of allylic oxidation sites excluding steroid dienone is 4. The Balaban J connectivity index is 4.70. The van der Waals surface area contributed by atoms with E-state index < -0.39 is 0 Å². The predicted octanol–water partition coefficient (Wildman–Crippen LogP) is 1.91. The predicted molar refractivity (Wildman–Crippen MR) is 64.9 cm³/mol. The van der Waals surface area contributed by atoms with Gasteiger partial charge in [-0.05, 0) is 32.4 Å². The summed E-state index contributed by atoms with van der Waals surface area (Å²) in [6, 6.07) is -0.293. The zero-order chi connectivity index (χ0) is 12.6. The van der Waals surface area contributed by atoms with E-state index in [2.05, 4.69) is 17.2 Å². The van der Waals surface area contributed by atoms with Gasteiger partial charge in [0.05, 0.1) is 0 Å². The van der Waals surface area contributed by atoms with E-state index in [-0.39, 0.29) is 6.03 Å². The Kier molecular flexibility index (Phi) is 6.59. The first-order valence-electron chi connectivity index (χ1n) is 5.09. The molecule has 0 spiro atoms. The summed E-state index contributed by atoms with van der Waals surface area (Å²) in [7, 11) is 0. The molecule has 0 aromatic carbocycles. The summed E-state index contributed by atoms with van der Waals surface area (Å²) in [6.45, 7) is 9.56. The molecule has 2 N–H and O–H groups in total. The van der Waals surface area contributed by atoms with Crippen LogP contribution in [0.1, 0.15) is 20.8 Å². The summed E-state index contributed by atoms with van der Waals surface area (Å²) in [5.74, 6) is 0. The molecular weight excluding hydrogens is 204 g/mol. The average molecular weight is 222 g/mol. The van der Waals surface area contributed by atoms with Crippen LogP contribution < -0.4 is 10.6 Å². The molecule has 0 aromatic rings. The van der Waals surface area contributed by atoms with Gasteiger partial charge in [0, 0.05) is 17.8 Å². The van der Waals surface area contributed by atoms with Crippen LogP contribution in [0.2, 0.25) is 0 Å². The minimum Gasteiger partial charge on any atom is -0.338 e. The number of aldehydes is 1. The summed E-state index contributed by atoms with van der Waals surface area (Å²) in [4.78, 5) is 22.0. The lowest BCUT2D eigenvalue weighted by atomic mass is 10.1. The number of carbonyl (C=O) groups excluding carboxylic acids is 2. The number of urea groups is 1. The van der Waals surface area contributed by atoms with Crippen LogP contribution in [0.15, 0.2) is 35.6 Å². The second-order valence-corrected chi connectivity index (χ2v) is 3.23. The van der Waals surface area contributed by atoms with E-state index >= 15 is 0 Å². The van der Waals surface area contributed by atoms with E-state index in [4.69, 9.17) is 0 Å². The lowest BCUT2D eigenvalue weighted by molar-refractivity contribution is -0.104. The molecule has 4 nitrogen and oxygen atoms in total. The smallest absolute Gasteiger partial charge is 0.319 e. The molecule has 0 fully saturated rings. The van der Waals surface area contributed by atoms with Gasteiger partial charge >= 0.3 is 6.03 Å². The normalized spacial score (nSPS) is 11.9. The molecule has 0 unspecified atom stereocenters. The van der Waals surface area contributed by atoms with Crippen LogP contribution in [0.3, 0.4) is 0 Å². The third-order valence-electron chi connectivity index (χ3n) is 1.84. The van der Waals surface area contributed by atoms with Crippen molar-refractivity contribution in [1.82, 2.24) is 10.6 Å². The van der Waals surface area contributed by atoms with E-state index in [1.54, 1.807) is 26.0 Å².